The number of rotatable bonds is 3. The first-order valence-electron chi connectivity index (χ1n) is 8.78. The van der Waals surface area contributed by atoms with E-state index in [1.165, 1.54) is 0 Å². The third kappa shape index (κ3) is 3.83. The predicted octanol–water partition coefficient (Wildman–Crippen LogP) is 4.94. The van der Waals surface area contributed by atoms with Gasteiger partial charge in [0.1, 0.15) is 5.75 Å². The molecule has 0 saturated carbocycles. The van der Waals surface area contributed by atoms with E-state index < -0.39 is 0 Å². The van der Waals surface area contributed by atoms with Gasteiger partial charge in [-0.2, -0.15) is 5.10 Å². The number of para-hydroxylation sites is 1. The summed E-state index contributed by atoms with van der Waals surface area (Å²) in [5.41, 5.74) is 4.06. The van der Waals surface area contributed by atoms with Crippen LogP contribution in [0.1, 0.15) is 23.6 Å². The zero-order valence-electron chi connectivity index (χ0n) is 14.6. The van der Waals surface area contributed by atoms with Gasteiger partial charge in [-0.05, 0) is 47.6 Å². The van der Waals surface area contributed by atoms with Crippen molar-refractivity contribution in [3.8, 4) is 5.75 Å². The predicted molar refractivity (Wildman–Crippen MR) is 113 cm³/mol. The largest absolute Gasteiger partial charge is 0.508 e. The van der Waals surface area contributed by atoms with Crippen molar-refractivity contribution < 1.29 is 5.11 Å². The van der Waals surface area contributed by atoms with Gasteiger partial charge >= 0.3 is 0 Å². The van der Waals surface area contributed by atoms with Gasteiger partial charge < -0.3 is 10.4 Å². The standard InChI is InChI=1S/C22H19N3OS/c26-19-13-11-17(12-14-19)21-15-20(16-7-3-1-4-8-16)24-25(21)22(27)23-18-9-5-2-6-10-18/h1-14,21,26H,15H2,(H,23,27)/t21-/m0/s1. The van der Waals surface area contributed by atoms with Gasteiger partial charge in [-0.25, -0.2) is 5.01 Å². The number of anilines is 1. The fourth-order valence-electron chi connectivity index (χ4n) is 3.16. The molecule has 0 aliphatic carbocycles. The smallest absolute Gasteiger partial charge is 0.194 e. The Kier molecular flexibility index (Phi) is 4.85. The molecule has 0 fully saturated rings. The number of hydrogen-bond acceptors (Lipinski definition) is 3. The molecule has 4 rings (SSSR count). The lowest BCUT2D eigenvalue weighted by atomic mass is 9.98. The van der Waals surface area contributed by atoms with Crippen LogP contribution in [0.3, 0.4) is 0 Å². The van der Waals surface area contributed by atoms with Crippen molar-refractivity contribution in [2.45, 2.75) is 12.5 Å². The van der Waals surface area contributed by atoms with Crippen LogP contribution in [0.4, 0.5) is 5.69 Å². The van der Waals surface area contributed by atoms with E-state index >= 15 is 0 Å². The molecule has 0 spiro atoms. The van der Waals surface area contributed by atoms with Gasteiger partial charge in [0.2, 0.25) is 0 Å². The zero-order chi connectivity index (χ0) is 18.6. The lowest BCUT2D eigenvalue weighted by molar-refractivity contribution is 0.375. The van der Waals surface area contributed by atoms with Crippen molar-refractivity contribution in [3.63, 3.8) is 0 Å². The van der Waals surface area contributed by atoms with Crippen LogP contribution in [-0.2, 0) is 0 Å². The molecule has 0 unspecified atom stereocenters. The van der Waals surface area contributed by atoms with Crippen LogP contribution in [0.5, 0.6) is 5.75 Å². The minimum atomic E-state index is -0.0236. The molecule has 0 radical (unpaired) electrons. The van der Waals surface area contributed by atoms with Crippen molar-refractivity contribution in [1.29, 1.82) is 0 Å². The van der Waals surface area contributed by atoms with E-state index in [4.69, 9.17) is 17.3 Å². The molecule has 0 bridgehead atoms. The highest BCUT2D eigenvalue weighted by Gasteiger charge is 2.31. The summed E-state index contributed by atoms with van der Waals surface area (Å²) in [6.45, 7) is 0. The van der Waals surface area contributed by atoms with Crippen molar-refractivity contribution in [2.75, 3.05) is 5.32 Å². The summed E-state index contributed by atoms with van der Waals surface area (Å²) in [4.78, 5) is 0. The van der Waals surface area contributed by atoms with Crippen LogP contribution in [0, 0.1) is 0 Å². The Labute approximate surface area is 163 Å². The van der Waals surface area contributed by atoms with Crippen molar-refractivity contribution in [1.82, 2.24) is 5.01 Å². The van der Waals surface area contributed by atoms with E-state index in [0.717, 1.165) is 28.9 Å². The molecule has 4 nitrogen and oxygen atoms in total. The number of benzene rings is 3. The lowest BCUT2D eigenvalue weighted by Crippen LogP contribution is -2.31. The van der Waals surface area contributed by atoms with Gasteiger partial charge in [0.05, 0.1) is 11.8 Å². The maximum absolute atomic E-state index is 9.62. The van der Waals surface area contributed by atoms with Crippen molar-refractivity contribution in [3.05, 3.63) is 96.1 Å². The number of hydrazone groups is 1. The average Bonchev–Trinajstić information content (AvgIpc) is 3.16. The summed E-state index contributed by atoms with van der Waals surface area (Å²) in [6.07, 6.45) is 0.741. The van der Waals surface area contributed by atoms with E-state index in [-0.39, 0.29) is 11.8 Å². The number of nitrogens with zero attached hydrogens (tertiary/aromatic N) is 2. The second-order valence-corrected chi connectivity index (χ2v) is 6.75. The Morgan fingerprint density at radius 3 is 2.22 bits per heavy atom. The van der Waals surface area contributed by atoms with Crippen LogP contribution in [-0.4, -0.2) is 20.9 Å². The van der Waals surface area contributed by atoms with Gasteiger partial charge in [-0.15, -0.1) is 0 Å². The molecule has 1 heterocycles. The van der Waals surface area contributed by atoms with E-state index in [9.17, 15) is 5.11 Å². The van der Waals surface area contributed by atoms with Crippen LogP contribution >= 0.6 is 12.2 Å². The van der Waals surface area contributed by atoms with Crippen molar-refractivity contribution >= 4 is 28.7 Å². The molecular formula is C22H19N3OS. The molecule has 3 aromatic carbocycles. The summed E-state index contributed by atoms with van der Waals surface area (Å²) in [5, 5.41) is 20.1. The fraction of sp³-hybridized carbons (Fsp3) is 0.0909. The molecule has 0 aromatic heterocycles. The minimum absolute atomic E-state index is 0.0236. The number of phenolic OH excluding ortho intramolecular Hbond substituents is 1. The zero-order valence-corrected chi connectivity index (χ0v) is 15.4. The lowest BCUT2D eigenvalue weighted by Gasteiger charge is -2.25. The topological polar surface area (TPSA) is 47.9 Å². The maximum atomic E-state index is 9.62. The summed E-state index contributed by atoms with van der Waals surface area (Å²) in [7, 11) is 0. The monoisotopic (exact) mass is 373 g/mol. The molecule has 27 heavy (non-hydrogen) atoms. The van der Waals surface area contributed by atoms with Gasteiger partial charge in [0, 0.05) is 12.1 Å². The summed E-state index contributed by atoms with van der Waals surface area (Å²) in [5.74, 6) is 0.248. The van der Waals surface area contributed by atoms with Crippen LogP contribution in [0.25, 0.3) is 0 Å². The quantitative estimate of drug-likeness (QED) is 0.639. The summed E-state index contributed by atoms with van der Waals surface area (Å²) < 4.78 is 0. The molecule has 2 N–H and O–H groups in total. The molecule has 1 atom stereocenters. The number of nitrogens with one attached hydrogen (secondary N) is 1. The van der Waals surface area contributed by atoms with Gasteiger partial charge in [-0.3, -0.25) is 0 Å². The molecule has 1 aliphatic rings. The van der Waals surface area contributed by atoms with E-state index in [2.05, 4.69) is 17.4 Å². The Morgan fingerprint density at radius 1 is 0.926 bits per heavy atom. The van der Waals surface area contributed by atoms with Gasteiger partial charge in [0.25, 0.3) is 0 Å². The Morgan fingerprint density at radius 2 is 1.56 bits per heavy atom. The molecular weight excluding hydrogens is 354 g/mol. The van der Waals surface area contributed by atoms with E-state index in [0.29, 0.717) is 5.11 Å². The first-order valence-corrected chi connectivity index (χ1v) is 9.18. The second-order valence-electron chi connectivity index (χ2n) is 6.36. The first kappa shape index (κ1) is 17.2. The Hall–Kier alpha value is -3.18. The van der Waals surface area contributed by atoms with E-state index in [1.807, 2.05) is 65.7 Å². The highest BCUT2D eigenvalue weighted by Crippen LogP contribution is 2.34. The minimum Gasteiger partial charge on any atom is -0.508 e. The molecule has 134 valence electrons. The summed E-state index contributed by atoms with van der Waals surface area (Å²) in [6, 6.07) is 27.2. The third-order valence-electron chi connectivity index (χ3n) is 4.53. The molecule has 1 aliphatic heterocycles. The molecule has 0 saturated heterocycles. The molecule has 0 amide bonds. The van der Waals surface area contributed by atoms with Crippen molar-refractivity contribution in [2.24, 2.45) is 5.10 Å². The van der Waals surface area contributed by atoms with Gasteiger partial charge in [0.15, 0.2) is 5.11 Å². The number of aromatic hydroxyl groups is 1. The normalized spacial score (nSPS) is 16.1. The van der Waals surface area contributed by atoms with Crippen LogP contribution in [0.2, 0.25) is 0 Å². The second kappa shape index (κ2) is 7.60. The van der Waals surface area contributed by atoms with Crippen LogP contribution in [0.15, 0.2) is 90.0 Å². The number of hydrogen-bond donors (Lipinski definition) is 2. The fourth-order valence-corrected chi connectivity index (χ4v) is 3.45. The maximum Gasteiger partial charge on any atom is 0.194 e. The third-order valence-corrected chi connectivity index (χ3v) is 4.82. The highest BCUT2D eigenvalue weighted by atomic mass is 32.1. The SMILES string of the molecule is Oc1ccc([C@@H]2CC(c3ccccc3)=NN2C(=S)Nc2ccccc2)cc1. The Bertz CT molecular complexity index is 956. The molecule has 5 heteroatoms. The number of thiocarbonyl (C=S) groups is 1. The highest BCUT2D eigenvalue weighted by molar-refractivity contribution is 7.80. The first-order chi connectivity index (χ1) is 13.2. The Balaban J connectivity index is 1.65. The van der Waals surface area contributed by atoms with E-state index in [1.54, 1.807) is 12.1 Å². The van der Waals surface area contributed by atoms with Crippen LogP contribution < -0.4 is 5.32 Å². The molecule has 3 aromatic rings. The number of phenols is 1. The summed E-state index contributed by atoms with van der Waals surface area (Å²) >= 11 is 5.66. The van der Waals surface area contributed by atoms with Gasteiger partial charge in [-0.1, -0.05) is 60.7 Å². The average molecular weight is 373 g/mol.